The van der Waals surface area contributed by atoms with Crippen molar-refractivity contribution in [3.63, 3.8) is 0 Å². The van der Waals surface area contributed by atoms with Gasteiger partial charge in [0.1, 0.15) is 5.75 Å². The molecule has 0 saturated carbocycles. The molecule has 14 heavy (non-hydrogen) atoms. The van der Waals surface area contributed by atoms with E-state index in [-0.39, 0.29) is 0 Å². The Kier molecular flexibility index (Phi) is 3.57. The summed E-state index contributed by atoms with van der Waals surface area (Å²) in [6.45, 7) is 1.43. The van der Waals surface area contributed by atoms with Crippen LogP contribution in [0, 0.1) is 11.3 Å². The van der Waals surface area contributed by atoms with Gasteiger partial charge in [-0.25, -0.2) is 0 Å². The van der Waals surface area contributed by atoms with Gasteiger partial charge in [-0.2, -0.15) is 5.26 Å². The number of fused-ring (bicyclic) bond motifs is 1. The van der Waals surface area contributed by atoms with Crippen LogP contribution in [0.15, 0.2) is 30.5 Å². The zero-order valence-electron chi connectivity index (χ0n) is 8.24. The summed E-state index contributed by atoms with van der Waals surface area (Å²) < 4.78 is 5.17. The number of H-pyrrole nitrogens is 1. The Morgan fingerprint density at radius 2 is 2.07 bits per heavy atom. The lowest BCUT2D eigenvalue weighted by molar-refractivity contribution is 0.420. The Balaban J connectivity index is 0.000000293. The molecule has 0 aliphatic heterocycles. The molecule has 1 aromatic heterocycles. The number of ether oxygens (including phenoxy) is 1. The van der Waals surface area contributed by atoms with Crippen LogP contribution in [0.3, 0.4) is 0 Å². The van der Waals surface area contributed by atoms with E-state index < -0.39 is 0 Å². The number of nitrogens with zero attached hydrogens (tertiary/aromatic N) is 1. The molecule has 3 heteroatoms. The van der Waals surface area contributed by atoms with E-state index >= 15 is 0 Å². The van der Waals surface area contributed by atoms with Gasteiger partial charge in [0.2, 0.25) is 0 Å². The summed E-state index contributed by atoms with van der Waals surface area (Å²) in [5, 5.41) is 8.45. The topological polar surface area (TPSA) is 48.8 Å². The lowest BCUT2D eigenvalue weighted by Gasteiger charge is -1.99. The van der Waals surface area contributed by atoms with Gasteiger partial charge in [0.05, 0.1) is 13.2 Å². The van der Waals surface area contributed by atoms with E-state index in [4.69, 9.17) is 10.00 Å². The average molecular weight is 188 g/mol. The second-order valence-electron chi connectivity index (χ2n) is 2.62. The highest BCUT2D eigenvalue weighted by Crippen LogP contribution is 2.23. The smallest absolute Gasteiger partial charge is 0.128 e. The van der Waals surface area contributed by atoms with E-state index in [1.54, 1.807) is 13.2 Å². The van der Waals surface area contributed by atoms with E-state index in [0.717, 1.165) is 16.7 Å². The van der Waals surface area contributed by atoms with Crippen LogP contribution in [0.2, 0.25) is 0 Å². The largest absolute Gasteiger partial charge is 0.496 e. The van der Waals surface area contributed by atoms with Crippen LogP contribution in [0.4, 0.5) is 0 Å². The maximum absolute atomic E-state index is 7.32. The molecular weight excluding hydrogens is 176 g/mol. The zero-order valence-corrected chi connectivity index (χ0v) is 8.24. The third-order valence-electron chi connectivity index (χ3n) is 1.77. The Morgan fingerprint density at radius 3 is 2.71 bits per heavy atom. The van der Waals surface area contributed by atoms with Crippen LogP contribution in [0.25, 0.3) is 10.9 Å². The average Bonchev–Trinajstić information content (AvgIpc) is 2.66. The normalized spacial score (nSPS) is 8.64. The lowest BCUT2D eigenvalue weighted by atomic mass is 10.2. The highest BCUT2D eigenvalue weighted by Gasteiger charge is 1.98. The molecular formula is C11H12N2O. The molecule has 0 bridgehead atoms. The van der Waals surface area contributed by atoms with Gasteiger partial charge in [-0.15, -0.1) is 0 Å². The molecule has 0 unspecified atom stereocenters. The van der Waals surface area contributed by atoms with Crippen LogP contribution in [0.1, 0.15) is 6.92 Å². The number of nitrogens with one attached hydrogen (secondary N) is 1. The van der Waals surface area contributed by atoms with Gasteiger partial charge in [-0.05, 0) is 18.2 Å². The van der Waals surface area contributed by atoms with Gasteiger partial charge in [0, 0.05) is 24.0 Å². The highest BCUT2D eigenvalue weighted by atomic mass is 16.5. The monoisotopic (exact) mass is 188 g/mol. The fourth-order valence-electron chi connectivity index (χ4n) is 1.23. The third kappa shape index (κ3) is 2.05. The lowest BCUT2D eigenvalue weighted by Crippen LogP contribution is -1.81. The van der Waals surface area contributed by atoms with E-state index in [1.165, 1.54) is 6.92 Å². The van der Waals surface area contributed by atoms with Crippen LogP contribution in [-0.2, 0) is 0 Å². The number of methoxy groups -OCH3 is 1. The minimum absolute atomic E-state index is 0.920. The quantitative estimate of drug-likeness (QED) is 0.748. The predicted molar refractivity (Wildman–Crippen MR) is 56.1 cm³/mol. The SMILES string of the molecule is CC#N.COc1cccc2[nH]ccc12. The van der Waals surface area contributed by atoms with E-state index in [0.29, 0.717) is 0 Å². The molecule has 1 heterocycles. The van der Waals surface area contributed by atoms with Crippen molar-refractivity contribution < 1.29 is 4.74 Å². The molecule has 3 nitrogen and oxygen atoms in total. The maximum atomic E-state index is 7.32. The summed E-state index contributed by atoms with van der Waals surface area (Å²) in [6.07, 6.45) is 1.91. The van der Waals surface area contributed by atoms with Gasteiger partial charge in [0.15, 0.2) is 0 Å². The van der Waals surface area contributed by atoms with Gasteiger partial charge >= 0.3 is 0 Å². The minimum atomic E-state index is 0.920. The summed E-state index contributed by atoms with van der Waals surface area (Å²) in [5.41, 5.74) is 1.12. The summed E-state index contributed by atoms with van der Waals surface area (Å²) >= 11 is 0. The fourth-order valence-corrected chi connectivity index (χ4v) is 1.23. The molecule has 0 radical (unpaired) electrons. The van der Waals surface area contributed by atoms with Crippen LogP contribution < -0.4 is 4.74 Å². The first-order valence-corrected chi connectivity index (χ1v) is 4.24. The number of aromatic amines is 1. The van der Waals surface area contributed by atoms with Crippen LogP contribution in [-0.4, -0.2) is 12.1 Å². The molecule has 0 fully saturated rings. The van der Waals surface area contributed by atoms with Crippen molar-refractivity contribution in [3.05, 3.63) is 30.5 Å². The molecule has 1 N–H and O–H groups in total. The van der Waals surface area contributed by atoms with Crippen molar-refractivity contribution in [3.8, 4) is 11.8 Å². The maximum Gasteiger partial charge on any atom is 0.128 e. The fraction of sp³-hybridized carbons (Fsp3) is 0.182. The van der Waals surface area contributed by atoms with Crippen molar-refractivity contribution in [2.24, 2.45) is 0 Å². The molecule has 2 aromatic rings. The summed E-state index contributed by atoms with van der Waals surface area (Å²) in [4.78, 5) is 3.11. The highest BCUT2D eigenvalue weighted by molar-refractivity contribution is 5.85. The summed E-state index contributed by atoms with van der Waals surface area (Å²) in [7, 11) is 1.68. The molecule has 2 rings (SSSR count). The van der Waals surface area contributed by atoms with Crippen molar-refractivity contribution in [2.75, 3.05) is 7.11 Å². The van der Waals surface area contributed by atoms with Crippen molar-refractivity contribution >= 4 is 10.9 Å². The Bertz CT molecular complexity index is 440. The predicted octanol–water partition coefficient (Wildman–Crippen LogP) is 2.71. The van der Waals surface area contributed by atoms with Gasteiger partial charge in [0.25, 0.3) is 0 Å². The molecule has 0 amide bonds. The third-order valence-corrected chi connectivity index (χ3v) is 1.77. The molecule has 1 aromatic carbocycles. The van der Waals surface area contributed by atoms with Crippen molar-refractivity contribution in [1.82, 2.24) is 4.98 Å². The number of benzene rings is 1. The van der Waals surface area contributed by atoms with Crippen molar-refractivity contribution in [2.45, 2.75) is 6.92 Å². The summed E-state index contributed by atoms with van der Waals surface area (Å²) in [6, 6.07) is 9.71. The zero-order chi connectivity index (χ0) is 10.4. The van der Waals surface area contributed by atoms with E-state index in [9.17, 15) is 0 Å². The Labute approximate surface area is 82.9 Å². The number of aromatic nitrogens is 1. The van der Waals surface area contributed by atoms with Gasteiger partial charge < -0.3 is 9.72 Å². The standard InChI is InChI=1S/C9H9NO.C2H3N/c1-11-9-4-2-3-8-7(9)5-6-10-8;1-2-3/h2-6,10H,1H3;1H3. The van der Waals surface area contributed by atoms with Gasteiger partial charge in [-0.1, -0.05) is 6.07 Å². The first-order valence-electron chi connectivity index (χ1n) is 4.24. The number of hydrogen-bond donors (Lipinski definition) is 1. The molecule has 0 saturated heterocycles. The first kappa shape index (κ1) is 10.1. The number of rotatable bonds is 1. The second-order valence-corrected chi connectivity index (χ2v) is 2.62. The molecule has 0 aliphatic rings. The Hall–Kier alpha value is -1.95. The number of hydrogen-bond acceptors (Lipinski definition) is 2. The molecule has 72 valence electrons. The minimum Gasteiger partial charge on any atom is -0.496 e. The molecule has 0 atom stereocenters. The molecule has 0 aliphatic carbocycles. The number of nitriles is 1. The van der Waals surface area contributed by atoms with E-state index in [1.807, 2.05) is 30.5 Å². The van der Waals surface area contributed by atoms with E-state index in [2.05, 4.69) is 4.98 Å². The first-order chi connectivity index (χ1) is 6.83. The van der Waals surface area contributed by atoms with Gasteiger partial charge in [-0.3, -0.25) is 0 Å². The summed E-state index contributed by atoms with van der Waals surface area (Å²) in [5.74, 6) is 0.920. The van der Waals surface area contributed by atoms with Crippen LogP contribution in [0.5, 0.6) is 5.75 Å². The molecule has 0 spiro atoms. The Morgan fingerprint density at radius 1 is 1.36 bits per heavy atom. The van der Waals surface area contributed by atoms with Crippen LogP contribution >= 0.6 is 0 Å². The second kappa shape index (κ2) is 4.93. The van der Waals surface area contributed by atoms with Crippen molar-refractivity contribution in [1.29, 1.82) is 5.26 Å².